The molecule has 0 atom stereocenters. The van der Waals surface area contributed by atoms with Gasteiger partial charge in [-0.15, -0.1) is 11.8 Å². The molecule has 3 N–H and O–H groups in total. The Balaban J connectivity index is 2.11. The predicted octanol–water partition coefficient (Wildman–Crippen LogP) is 3.54. The average molecular weight is 295 g/mol. The van der Waals surface area contributed by atoms with E-state index in [0.29, 0.717) is 21.9 Å². The molecule has 0 aliphatic carbocycles. The second-order valence-electron chi connectivity index (χ2n) is 4.10. The maximum absolute atomic E-state index is 13.5. The molecular formula is C14H11F2NO2S. The molecule has 6 heteroatoms. The molecule has 3 nitrogen and oxygen atoms in total. The Hall–Kier alpha value is -2.08. The van der Waals surface area contributed by atoms with Gasteiger partial charge in [0.1, 0.15) is 11.6 Å². The van der Waals surface area contributed by atoms with E-state index >= 15 is 0 Å². The minimum Gasteiger partial charge on any atom is -0.478 e. The lowest BCUT2D eigenvalue weighted by molar-refractivity contribution is 0.0692. The largest absolute Gasteiger partial charge is 0.478 e. The minimum absolute atomic E-state index is 0.331. The van der Waals surface area contributed by atoms with E-state index in [4.69, 9.17) is 10.8 Å². The highest BCUT2D eigenvalue weighted by Gasteiger charge is 2.11. The lowest BCUT2D eigenvalue weighted by Gasteiger charge is -2.05. The van der Waals surface area contributed by atoms with E-state index in [0.717, 1.165) is 6.07 Å². The van der Waals surface area contributed by atoms with Gasteiger partial charge >= 0.3 is 5.97 Å². The Kier molecular flexibility index (Phi) is 4.24. The molecule has 0 heterocycles. The maximum Gasteiger partial charge on any atom is 0.338 e. The molecule has 2 aromatic rings. The van der Waals surface area contributed by atoms with Crippen molar-refractivity contribution < 1.29 is 18.7 Å². The van der Waals surface area contributed by atoms with Gasteiger partial charge in [-0.3, -0.25) is 0 Å². The number of hydrogen-bond acceptors (Lipinski definition) is 3. The number of carboxylic acid groups (broad SMARTS) is 1. The smallest absolute Gasteiger partial charge is 0.338 e. The molecule has 0 saturated carbocycles. The van der Waals surface area contributed by atoms with E-state index in [1.54, 1.807) is 12.1 Å². The standard InChI is InChI=1S/C14H11F2NO2S/c15-11-5-8(1-3-10(11)14(18)19)7-20-13-4-2-9(17)6-12(13)16/h1-6H,7,17H2,(H,18,19). The zero-order valence-corrected chi connectivity index (χ0v) is 11.1. The molecule has 20 heavy (non-hydrogen) atoms. The molecular weight excluding hydrogens is 284 g/mol. The van der Waals surface area contributed by atoms with Crippen LogP contribution in [0.1, 0.15) is 15.9 Å². The van der Waals surface area contributed by atoms with Crippen molar-refractivity contribution in [2.24, 2.45) is 0 Å². The Morgan fingerprint density at radius 3 is 2.50 bits per heavy atom. The number of anilines is 1. The Morgan fingerprint density at radius 1 is 1.15 bits per heavy atom. The van der Waals surface area contributed by atoms with Crippen LogP contribution in [0.15, 0.2) is 41.3 Å². The van der Waals surface area contributed by atoms with Crippen LogP contribution in [0.4, 0.5) is 14.5 Å². The van der Waals surface area contributed by atoms with Crippen LogP contribution in [-0.2, 0) is 5.75 Å². The first kappa shape index (κ1) is 14.3. The number of nitrogens with two attached hydrogens (primary N) is 1. The van der Waals surface area contributed by atoms with Gasteiger partial charge in [-0.05, 0) is 35.9 Å². The SMILES string of the molecule is Nc1ccc(SCc2ccc(C(=O)O)c(F)c2)c(F)c1. The molecule has 0 fully saturated rings. The Morgan fingerprint density at radius 2 is 1.90 bits per heavy atom. The number of hydrogen-bond donors (Lipinski definition) is 2. The van der Waals surface area contributed by atoms with Crippen LogP contribution in [0, 0.1) is 11.6 Å². The normalized spacial score (nSPS) is 10.5. The fraction of sp³-hybridized carbons (Fsp3) is 0.0714. The van der Waals surface area contributed by atoms with Crippen molar-refractivity contribution in [2.45, 2.75) is 10.6 Å². The van der Waals surface area contributed by atoms with Crippen LogP contribution in [-0.4, -0.2) is 11.1 Å². The summed E-state index contributed by atoms with van der Waals surface area (Å²) in [6.45, 7) is 0. The maximum atomic E-state index is 13.5. The first-order valence-corrected chi connectivity index (χ1v) is 6.65. The molecule has 2 aromatic carbocycles. The Labute approximate surface area is 118 Å². The van der Waals surface area contributed by atoms with Gasteiger partial charge < -0.3 is 10.8 Å². The summed E-state index contributed by atoms with van der Waals surface area (Å²) in [4.78, 5) is 11.1. The van der Waals surface area contributed by atoms with E-state index < -0.39 is 17.6 Å². The summed E-state index contributed by atoms with van der Waals surface area (Å²) >= 11 is 1.19. The highest BCUT2D eigenvalue weighted by Crippen LogP contribution is 2.27. The van der Waals surface area contributed by atoms with Crippen molar-refractivity contribution in [1.82, 2.24) is 0 Å². The number of nitrogen functional groups attached to an aromatic ring is 1. The molecule has 0 bridgehead atoms. The summed E-state index contributed by atoms with van der Waals surface area (Å²) in [6, 6.07) is 8.21. The Bertz CT molecular complexity index is 662. The van der Waals surface area contributed by atoms with Gasteiger partial charge in [0, 0.05) is 16.3 Å². The van der Waals surface area contributed by atoms with Crippen molar-refractivity contribution in [1.29, 1.82) is 0 Å². The third-order valence-corrected chi connectivity index (χ3v) is 3.73. The quantitative estimate of drug-likeness (QED) is 0.669. The molecule has 104 valence electrons. The van der Waals surface area contributed by atoms with Crippen molar-refractivity contribution >= 4 is 23.4 Å². The van der Waals surface area contributed by atoms with Crippen LogP contribution < -0.4 is 5.73 Å². The number of rotatable bonds is 4. The summed E-state index contributed by atoms with van der Waals surface area (Å²) in [6.07, 6.45) is 0. The molecule has 0 aliphatic rings. The number of halogens is 2. The van der Waals surface area contributed by atoms with Gasteiger partial charge in [0.25, 0.3) is 0 Å². The second-order valence-corrected chi connectivity index (χ2v) is 5.12. The van der Waals surface area contributed by atoms with Gasteiger partial charge in [0.05, 0.1) is 5.56 Å². The van der Waals surface area contributed by atoms with Crippen LogP contribution in [0.5, 0.6) is 0 Å². The molecule has 0 saturated heterocycles. The first-order valence-electron chi connectivity index (χ1n) is 5.67. The molecule has 0 spiro atoms. The van der Waals surface area contributed by atoms with E-state index in [2.05, 4.69) is 0 Å². The molecule has 2 rings (SSSR count). The third-order valence-electron chi connectivity index (χ3n) is 2.61. The number of aromatic carboxylic acids is 1. The summed E-state index contributed by atoms with van der Waals surface area (Å²) in [5.41, 5.74) is 5.98. The highest BCUT2D eigenvalue weighted by atomic mass is 32.2. The van der Waals surface area contributed by atoms with E-state index in [1.165, 1.54) is 30.0 Å². The molecule has 0 amide bonds. The number of benzene rings is 2. The zero-order chi connectivity index (χ0) is 14.7. The zero-order valence-electron chi connectivity index (χ0n) is 10.3. The summed E-state index contributed by atoms with van der Waals surface area (Å²) < 4.78 is 27.0. The number of thioether (sulfide) groups is 1. The molecule has 0 aromatic heterocycles. The van der Waals surface area contributed by atoms with E-state index in [1.807, 2.05) is 0 Å². The van der Waals surface area contributed by atoms with Crippen molar-refractivity contribution in [3.63, 3.8) is 0 Å². The van der Waals surface area contributed by atoms with E-state index in [-0.39, 0.29) is 5.56 Å². The topological polar surface area (TPSA) is 63.3 Å². The van der Waals surface area contributed by atoms with Gasteiger partial charge in [0.2, 0.25) is 0 Å². The molecule has 0 aliphatic heterocycles. The summed E-state index contributed by atoms with van der Waals surface area (Å²) in [5, 5.41) is 8.72. The fourth-order valence-corrected chi connectivity index (χ4v) is 2.48. The second kappa shape index (κ2) is 5.92. The van der Waals surface area contributed by atoms with Crippen LogP contribution in [0.3, 0.4) is 0 Å². The lowest BCUT2D eigenvalue weighted by Crippen LogP contribution is -2.00. The number of carboxylic acids is 1. The first-order chi connectivity index (χ1) is 9.47. The molecule has 0 unspecified atom stereocenters. The summed E-state index contributed by atoms with van der Waals surface area (Å²) in [7, 11) is 0. The van der Waals surface area contributed by atoms with Gasteiger partial charge in [-0.2, -0.15) is 0 Å². The van der Waals surface area contributed by atoms with Crippen molar-refractivity contribution in [2.75, 3.05) is 5.73 Å². The van der Waals surface area contributed by atoms with E-state index in [9.17, 15) is 13.6 Å². The summed E-state index contributed by atoms with van der Waals surface area (Å²) in [5.74, 6) is -2.21. The van der Waals surface area contributed by atoms with Gasteiger partial charge in [-0.25, -0.2) is 13.6 Å². The van der Waals surface area contributed by atoms with Crippen molar-refractivity contribution in [3.8, 4) is 0 Å². The number of carbonyl (C=O) groups is 1. The molecule has 0 radical (unpaired) electrons. The van der Waals surface area contributed by atoms with Crippen LogP contribution in [0.25, 0.3) is 0 Å². The van der Waals surface area contributed by atoms with Gasteiger partial charge in [-0.1, -0.05) is 6.07 Å². The minimum atomic E-state index is -1.31. The lowest BCUT2D eigenvalue weighted by atomic mass is 10.1. The highest BCUT2D eigenvalue weighted by molar-refractivity contribution is 7.98. The third kappa shape index (κ3) is 3.27. The monoisotopic (exact) mass is 295 g/mol. The predicted molar refractivity (Wildman–Crippen MR) is 73.7 cm³/mol. The van der Waals surface area contributed by atoms with Crippen LogP contribution >= 0.6 is 11.8 Å². The van der Waals surface area contributed by atoms with Crippen LogP contribution in [0.2, 0.25) is 0 Å². The van der Waals surface area contributed by atoms with Crippen molar-refractivity contribution in [3.05, 3.63) is 59.2 Å². The average Bonchev–Trinajstić information content (AvgIpc) is 2.37. The van der Waals surface area contributed by atoms with Gasteiger partial charge in [0.15, 0.2) is 0 Å². The fourth-order valence-electron chi connectivity index (χ4n) is 1.62.